The number of hydrogen-bond acceptors (Lipinski definition) is 2. The zero-order valence-electron chi connectivity index (χ0n) is 8.89. The van der Waals surface area contributed by atoms with E-state index in [0.717, 1.165) is 5.69 Å². The summed E-state index contributed by atoms with van der Waals surface area (Å²) in [5.74, 6) is 0.380. The van der Waals surface area contributed by atoms with Crippen LogP contribution >= 0.6 is 23.0 Å². The van der Waals surface area contributed by atoms with Crippen molar-refractivity contribution in [1.29, 1.82) is 0 Å². The minimum absolute atomic E-state index is 0.177. The van der Waals surface area contributed by atoms with Gasteiger partial charge in [-0.05, 0) is 24.3 Å². The highest BCUT2D eigenvalue weighted by atomic mass is 127. The lowest BCUT2D eigenvalue weighted by Gasteiger charge is -2.07. The maximum Gasteiger partial charge on any atom is 0.259 e. The highest BCUT2D eigenvalue weighted by Gasteiger charge is 2.11. The maximum atomic E-state index is 12.0. The van der Waals surface area contributed by atoms with Gasteiger partial charge in [0.1, 0.15) is 5.75 Å². The van der Waals surface area contributed by atoms with Crippen molar-refractivity contribution >= 4 is 34.6 Å². The van der Waals surface area contributed by atoms with Gasteiger partial charge in [0.25, 0.3) is 5.91 Å². The third kappa shape index (κ3) is 2.97. The largest absolute Gasteiger partial charge is 0.427 e. The molecule has 1 N–H and O–H groups in total. The Hall–Kier alpha value is -1.56. The van der Waals surface area contributed by atoms with E-state index in [4.69, 9.17) is 3.07 Å². The molecule has 0 aliphatic carbocycles. The van der Waals surface area contributed by atoms with Gasteiger partial charge in [-0.25, -0.2) is 0 Å². The van der Waals surface area contributed by atoms with Crippen LogP contribution in [0.1, 0.15) is 10.4 Å². The van der Waals surface area contributed by atoms with Crippen molar-refractivity contribution in [2.75, 3.05) is 5.32 Å². The summed E-state index contributed by atoms with van der Waals surface area (Å²) in [4.78, 5) is 12.0. The van der Waals surface area contributed by atoms with Gasteiger partial charge in [0.05, 0.1) is 5.56 Å². The first-order valence-corrected chi connectivity index (χ1v) is 5.93. The monoisotopic (exact) mass is 339 g/mol. The molecule has 4 heteroatoms. The molecule has 2 aromatic rings. The van der Waals surface area contributed by atoms with Crippen LogP contribution in [0.2, 0.25) is 0 Å². The molecule has 0 aliphatic rings. The molecule has 3 nitrogen and oxygen atoms in total. The van der Waals surface area contributed by atoms with Crippen LogP contribution in [-0.4, -0.2) is 5.91 Å². The second kappa shape index (κ2) is 5.67. The standard InChI is InChI=1S/C13H10INO2/c14-17-12-9-5-4-8-11(12)13(16)15-10-6-2-1-3-7-10/h1-9H,(H,15,16). The number of amides is 1. The highest BCUT2D eigenvalue weighted by Crippen LogP contribution is 2.21. The van der Waals surface area contributed by atoms with Crippen LogP contribution in [0.4, 0.5) is 5.69 Å². The van der Waals surface area contributed by atoms with Crippen LogP contribution in [0.15, 0.2) is 54.6 Å². The van der Waals surface area contributed by atoms with Crippen molar-refractivity contribution in [3.05, 3.63) is 60.2 Å². The summed E-state index contributed by atoms with van der Waals surface area (Å²) in [7, 11) is 0. The summed E-state index contributed by atoms with van der Waals surface area (Å²) < 4.78 is 5.11. The van der Waals surface area contributed by atoms with Gasteiger partial charge in [0.15, 0.2) is 23.0 Å². The van der Waals surface area contributed by atoms with Gasteiger partial charge in [-0.15, -0.1) is 0 Å². The smallest absolute Gasteiger partial charge is 0.259 e. The molecular weight excluding hydrogens is 329 g/mol. The van der Waals surface area contributed by atoms with E-state index in [1.165, 1.54) is 0 Å². The van der Waals surface area contributed by atoms with Crippen molar-refractivity contribution < 1.29 is 7.86 Å². The molecule has 0 fully saturated rings. The number of anilines is 1. The van der Waals surface area contributed by atoms with Gasteiger partial charge < -0.3 is 8.38 Å². The number of hydrogen-bond donors (Lipinski definition) is 1. The molecule has 2 aromatic carbocycles. The van der Waals surface area contributed by atoms with Gasteiger partial charge in [-0.1, -0.05) is 30.3 Å². The van der Waals surface area contributed by atoms with E-state index in [0.29, 0.717) is 11.3 Å². The van der Waals surface area contributed by atoms with Gasteiger partial charge in [-0.3, -0.25) is 4.79 Å². The zero-order valence-corrected chi connectivity index (χ0v) is 11.0. The number of benzene rings is 2. The Morgan fingerprint density at radius 1 is 1.00 bits per heavy atom. The summed E-state index contributed by atoms with van der Waals surface area (Å²) in [6, 6.07) is 16.4. The molecule has 0 atom stereocenters. The lowest BCUT2D eigenvalue weighted by atomic mass is 10.2. The lowest BCUT2D eigenvalue weighted by Crippen LogP contribution is -2.12. The van der Waals surface area contributed by atoms with E-state index < -0.39 is 0 Å². The molecule has 86 valence electrons. The predicted molar refractivity (Wildman–Crippen MR) is 75.5 cm³/mol. The van der Waals surface area contributed by atoms with E-state index in [2.05, 4.69) is 5.32 Å². The van der Waals surface area contributed by atoms with Crippen molar-refractivity contribution in [3.8, 4) is 5.75 Å². The molecular formula is C13H10INO2. The van der Waals surface area contributed by atoms with E-state index in [1.807, 2.05) is 36.4 Å². The maximum absolute atomic E-state index is 12.0. The summed E-state index contributed by atoms with van der Waals surface area (Å²) >= 11 is 1.76. The number of para-hydroxylation sites is 2. The Morgan fingerprint density at radius 2 is 1.65 bits per heavy atom. The predicted octanol–water partition coefficient (Wildman–Crippen LogP) is 3.67. The van der Waals surface area contributed by atoms with E-state index >= 15 is 0 Å². The average Bonchev–Trinajstić information content (AvgIpc) is 2.40. The van der Waals surface area contributed by atoms with Crippen LogP contribution < -0.4 is 8.38 Å². The zero-order chi connectivity index (χ0) is 12.1. The summed E-state index contributed by atoms with van der Waals surface area (Å²) in [5, 5.41) is 2.81. The lowest BCUT2D eigenvalue weighted by molar-refractivity contribution is 0.102. The van der Waals surface area contributed by atoms with Crippen molar-refractivity contribution in [1.82, 2.24) is 0 Å². The fourth-order valence-corrected chi connectivity index (χ4v) is 1.83. The quantitative estimate of drug-likeness (QED) is 0.867. The molecule has 17 heavy (non-hydrogen) atoms. The fraction of sp³-hybridized carbons (Fsp3) is 0. The summed E-state index contributed by atoms with van der Waals surface area (Å²) in [5.41, 5.74) is 1.28. The number of rotatable bonds is 3. The molecule has 0 saturated carbocycles. The average molecular weight is 339 g/mol. The summed E-state index contributed by atoms with van der Waals surface area (Å²) in [6.45, 7) is 0. The third-order valence-electron chi connectivity index (χ3n) is 2.25. The van der Waals surface area contributed by atoms with Crippen LogP contribution in [0.5, 0.6) is 5.75 Å². The van der Waals surface area contributed by atoms with Gasteiger partial charge in [-0.2, -0.15) is 0 Å². The SMILES string of the molecule is O=C(Nc1ccccc1)c1ccccc1OI. The number of halogens is 1. The molecule has 0 radical (unpaired) electrons. The van der Waals surface area contributed by atoms with E-state index in [-0.39, 0.29) is 5.91 Å². The molecule has 1 amide bonds. The number of carbonyl (C=O) groups excluding carboxylic acids is 1. The Labute approximate surface area is 113 Å². The topological polar surface area (TPSA) is 38.3 Å². The van der Waals surface area contributed by atoms with Gasteiger partial charge in [0.2, 0.25) is 0 Å². The molecule has 0 spiro atoms. The molecule has 2 rings (SSSR count). The molecule has 0 heterocycles. The van der Waals surface area contributed by atoms with E-state index in [1.54, 1.807) is 41.2 Å². The molecule has 0 unspecified atom stereocenters. The van der Waals surface area contributed by atoms with Crippen LogP contribution in [-0.2, 0) is 0 Å². The fourth-order valence-electron chi connectivity index (χ4n) is 1.44. The second-order valence-electron chi connectivity index (χ2n) is 3.39. The van der Waals surface area contributed by atoms with Crippen LogP contribution in [0.25, 0.3) is 0 Å². The minimum atomic E-state index is -0.177. The van der Waals surface area contributed by atoms with E-state index in [9.17, 15) is 4.79 Å². The number of nitrogens with one attached hydrogen (secondary N) is 1. The minimum Gasteiger partial charge on any atom is -0.427 e. The molecule has 0 saturated heterocycles. The second-order valence-corrected chi connectivity index (χ2v) is 3.83. The van der Waals surface area contributed by atoms with Gasteiger partial charge in [0, 0.05) is 5.69 Å². The van der Waals surface area contributed by atoms with Crippen LogP contribution in [0.3, 0.4) is 0 Å². The molecule has 0 bridgehead atoms. The first-order valence-electron chi connectivity index (χ1n) is 5.05. The molecule has 0 aromatic heterocycles. The van der Waals surface area contributed by atoms with Crippen molar-refractivity contribution in [2.45, 2.75) is 0 Å². The normalized spacial score (nSPS) is 9.71. The third-order valence-corrected chi connectivity index (χ3v) is 2.72. The summed E-state index contributed by atoms with van der Waals surface area (Å²) in [6.07, 6.45) is 0. The Balaban J connectivity index is 2.20. The molecule has 0 aliphatic heterocycles. The van der Waals surface area contributed by atoms with Crippen molar-refractivity contribution in [2.24, 2.45) is 0 Å². The number of carbonyl (C=O) groups is 1. The van der Waals surface area contributed by atoms with Crippen LogP contribution in [0, 0.1) is 0 Å². The Morgan fingerprint density at radius 3 is 2.35 bits per heavy atom. The Bertz CT molecular complexity index is 514. The van der Waals surface area contributed by atoms with Gasteiger partial charge >= 0.3 is 0 Å². The Kier molecular flexibility index (Phi) is 3.98. The first-order chi connectivity index (χ1) is 8.31. The van der Waals surface area contributed by atoms with Crippen molar-refractivity contribution in [3.63, 3.8) is 0 Å². The first kappa shape index (κ1) is 11.9. The highest BCUT2D eigenvalue weighted by molar-refractivity contribution is 14.1.